The molecule has 19 heteroatoms. The number of esters is 4. The van der Waals surface area contributed by atoms with Crippen molar-refractivity contribution < 1.29 is 80.2 Å². The van der Waals surface area contributed by atoms with Crippen LogP contribution in [0.4, 0.5) is 0 Å². The number of phosphoric acid groups is 2. The van der Waals surface area contributed by atoms with Crippen LogP contribution < -0.4 is 0 Å². The molecule has 0 aromatic carbocycles. The van der Waals surface area contributed by atoms with Gasteiger partial charge in [0.2, 0.25) is 0 Å². The molecule has 0 aromatic rings. The van der Waals surface area contributed by atoms with Gasteiger partial charge in [-0.2, -0.15) is 0 Å². The number of unbranched alkanes of at least 4 members (excludes halogenated alkanes) is 35. The van der Waals surface area contributed by atoms with Crippen LogP contribution in [0, 0.1) is 17.8 Å². The molecular formula is C70H136O17P2. The van der Waals surface area contributed by atoms with Gasteiger partial charge in [-0.3, -0.25) is 37.3 Å². The summed E-state index contributed by atoms with van der Waals surface area (Å²) in [6.07, 6.45) is 45.1. The molecule has 0 heterocycles. The molecule has 6 atom stereocenters. The van der Waals surface area contributed by atoms with Crippen molar-refractivity contribution in [3.8, 4) is 0 Å². The van der Waals surface area contributed by atoms with Crippen LogP contribution in [0.15, 0.2) is 0 Å². The zero-order valence-electron chi connectivity index (χ0n) is 57.9. The Kier molecular flexibility index (Phi) is 59.6. The van der Waals surface area contributed by atoms with E-state index in [1.165, 1.54) is 154 Å². The quantitative estimate of drug-likeness (QED) is 0.0222. The third kappa shape index (κ3) is 63.2. The second-order valence-electron chi connectivity index (χ2n) is 26.5. The molecular weight excluding hydrogens is 1170 g/mol. The maximum absolute atomic E-state index is 13.0. The minimum Gasteiger partial charge on any atom is -0.462 e. The number of aliphatic hydroxyl groups excluding tert-OH is 1. The van der Waals surface area contributed by atoms with E-state index in [4.69, 9.17) is 37.0 Å². The van der Waals surface area contributed by atoms with E-state index in [1.54, 1.807) is 0 Å². The fourth-order valence-electron chi connectivity index (χ4n) is 10.5. The van der Waals surface area contributed by atoms with E-state index in [-0.39, 0.29) is 25.7 Å². The highest BCUT2D eigenvalue weighted by atomic mass is 31.2. The molecule has 0 aliphatic carbocycles. The van der Waals surface area contributed by atoms with Gasteiger partial charge in [0.05, 0.1) is 26.4 Å². The van der Waals surface area contributed by atoms with Gasteiger partial charge in [-0.1, -0.05) is 299 Å². The van der Waals surface area contributed by atoms with Crippen LogP contribution in [-0.4, -0.2) is 96.7 Å². The Bertz CT molecular complexity index is 1750. The molecule has 0 bridgehead atoms. The maximum atomic E-state index is 13.0. The van der Waals surface area contributed by atoms with Gasteiger partial charge in [0.15, 0.2) is 12.2 Å². The molecule has 0 saturated heterocycles. The van der Waals surface area contributed by atoms with Crippen LogP contribution >= 0.6 is 15.6 Å². The summed E-state index contributed by atoms with van der Waals surface area (Å²) < 4.78 is 68.0. The third-order valence-electron chi connectivity index (χ3n) is 16.5. The second kappa shape index (κ2) is 61.0. The summed E-state index contributed by atoms with van der Waals surface area (Å²) in [6, 6.07) is 0. The van der Waals surface area contributed by atoms with Crippen LogP contribution in [0.3, 0.4) is 0 Å². The Morgan fingerprint density at radius 1 is 0.326 bits per heavy atom. The predicted molar refractivity (Wildman–Crippen MR) is 358 cm³/mol. The van der Waals surface area contributed by atoms with Crippen molar-refractivity contribution >= 4 is 39.5 Å². The number of ether oxygens (including phenoxy) is 4. The van der Waals surface area contributed by atoms with Crippen LogP contribution in [0.1, 0.15) is 350 Å². The molecule has 0 aromatic heterocycles. The molecule has 0 radical (unpaired) electrons. The van der Waals surface area contributed by atoms with Crippen LogP contribution in [0.5, 0.6) is 0 Å². The van der Waals surface area contributed by atoms with Gasteiger partial charge in [0.1, 0.15) is 19.3 Å². The van der Waals surface area contributed by atoms with Gasteiger partial charge in [0.25, 0.3) is 0 Å². The normalized spacial score (nSPS) is 14.5. The summed E-state index contributed by atoms with van der Waals surface area (Å²) in [5.74, 6) is 0.156. The number of phosphoric ester groups is 2. The van der Waals surface area contributed by atoms with E-state index in [9.17, 15) is 43.2 Å². The lowest BCUT2D eigenvalue weighted by atomic mass is 9.99. The first-order valence-electron chi connectivity index (χ1n) is 36.4. The number of rotatable bonds is 68. The van der Waals surface area contributed by atoms with Crippen LogP contribution in [-0.2, 0) is 65.4 Å². The van der Waals surface area contributed by atoms with E-state index < -0.39 is 97.5 Å². The van der Waals surface area contributed by atoms with Crippen molar-refractivity contribution in [3.05, 3.63) is 0 Å². The minimum atomic E-state index is -4.95. The Labute approximate surface area is 543 Å². The lowest BCUT2D eigenvalue weighted by molar-refractivity contribution is -0.161. The first-order valence-corrected chi connectivity index (χ1v) is 39.4. The molecule has 0 amide bonds. The molecule has 0 aliphatic rings. The minimum absolute atomic E-state index is 0.101. The monoisotopic (exact) mass is 1310 g/mol. The molecule has 89 heavy (non-hydrogen) atoms. The van der Waals surface area contributed by atoms with Crippen molar-refractivity contribution in [1.29, 1.82) is 0 Å². The largest absolute Gasteiger partial charge is 0.472 e. The lowest BCUT2D eigenvalue weighted by Gasteiger charge is -2.21. The summed E-state index contributed by atoms with van der Waals surface area (Å²) in [5.41, 5.74) is 0. The highest BCUT2D eigenvalue weighted by molar-refractivity contribution is 7.47. The van der Waals surface area contributed by atoms with Crippen LogP contribution in [0.25, 0.3) is 0 Å². The summed E-state index contributed by atoms with van der Waals surface area (Å²) in [7, 11) is -9.89. The molecule has 528 valence electrons. The Morgan fingerprint density at radius 3 is 0.854 bits per heavy atom. The molecule has 0 saturated carbocycles. The number of hydrogen-bond acceptors (Lipinski definition) is 15. The topological polar surface area (TPSA) is 237 Å². The molecule has 0 spiro atoms. The average molecular weight is 1310 g/mol. The smallest absolute Gasteiger partial charge is 0.462 e. The van der Waals surface area contributed by atoms with Crippen molar-refractivity contribution in [3.63, 3.8) is 0 Å². The SMILES string of the molecule is CCCCCCCC(=O)OC[C@H](COP(=O)(O)OC[C@H](O)COP(=O)(O)OC[C@@H](COC(=O)CCCCCCCCCCCCC(C)C)OC(=O)CCCCCCCCCCCCCCCCCCCCC(C)CC)OC(=O)CCCCCCCCC(C)C. The molecule has 3 unspecified atom stereocenters. The standard InChI is InChI=1S/C70H136O17P2/c1-8-10-11-34-44-51-67(72)80-57-65(87-70(75)54-47-40-33-32-36-42-49-62(5)6)59-84-88(76,77)82-55-64(71)56-83-89(78,79)85-60-66(58-81-68(73)52-45-38-30-26-23-22-24-28-35-41-48-61(3)4)86-69(74)53-46-39-31-27-21-19-17-15-13-12-14-16-18-20-25-29-37-43-50-63(7)9-2/h61-66,71H,8-60H2,1-7H3,(H,76,77)(H,78,79)/t63?,64-,65+,66+/m0/s1. The second-order valence-corrected chi connectivity index (χ2v) is 29.4. The number of carbonyl (C=O) groups is 4. The van der Waals surface area contributed by atoms with E-state index in [1.807, 2.05) is 0 Å². The molecule has 3 N–H and O–H groups in total. The van der Waals surface area contributed by atoms with Gasteiger partial charge in [-0.15, -0.1) is 0 Å². The van der Waals surface area contributed by atoms with E-state index in [0.717, 1.165) is 108 Å². The van der Waals surface area contributed by atoms with Crippen LogP contribution in [0.2, 0.25) is 0 Å². The highest BCUT2D eigenvalue weighted by Gasteiger charge is 2.30. The average Bonchev–Trinajstić information content (AvgIpc) is 3.71. The number of hydrogen-bond donors (Lipinski definition) is 3. The zero-order chi connectivity index (χ0) is 65.9. The zero-order valence-corrected chi connectivity index (χ0v) is 59.7. The molecule has 17 nitrogen and oxygen atoms in total. The highest BCUT2D eigenvalue weighted by Crippen LogP contribution is 2.45. The fraction of sp³-hybridized carbons (Fsp3) is 0.943. The Balaban J connectivity index is 5.09. The summed E-state index contributed by atoms with van der Waals surface area (Å²) in [4.78, 5) is 72.1. The van der Waals surface area contributed by atoms with E-state index in [0.29, 0.717) is 31.6 Å². The van der Waals surface area contributed by atoms with Gasteiger partial charge in [-0.05, 0) is 43.4 Å². The fourth-order valence-corrected chi connectivity index (χ4v) is 12.1. The molecule has 0 aliphatic heterocycles. The number of aliphatic hydroxyl groups is 1. The molecule has 0 fully saturated rings. The van der Waals surface area contributed by atoms with Crippen molar-refractivity contribution in [2.75, 3.05) is 39.6 Å². The van der Waals surface area contributed by atoms with Gasteiger partial charge in [-0.25, -0.2) is 9.13 Å². The Morgan fingerprint density at radius 2 is 0.573 bits per heavy atom. The van der Waals surface area contributed by atoms with E-state index in [2.05, 4.69) is 48.5 Å². The predicted octanol–water partition coefficient (Wildman–Crippen LogP) is 19.8. The number of carbonyl (C=O) groups excluding carboxylic acids is 4. The summed E-state index contributed by atoms with van der Waals surface area (Å²) in [6.45, 7) is 11.7. The van der Waals surface area contributed by atoms with E-state index >= 15 is 0 Å². The first kappa shape index (κ1) is 87.1. The van der Waals surface area contributed by atoms with Gasteiger partial charge in [0, 0.05) is 25.7 Å². The lowest BCUT2D eigenvalue weighted by Crippen LogP contribution is -2.30. The van der Waals surface area contributed by atoms with Gasteiger partial charge >= 0.3 is 39.5 Å². The Hall–Kier alpha value is -1.94. The third-order valence-corrected chi connectivity index (χ3v) is 18.4. The molecule has 0 rings (SSSR count). The summed E-state index contributed by atoms with van der Waals surface area (Å²) in [5, 5.41) is 10.5. The first-order chi connectivity index (χ1) is 42.8. The van der Waals surface area contributed by atoms with Crippen molar-refractivity contribution in [2.24, 2.45) is 17.8 Å². The maximum Gasteiger partial charge on any atom is 0.472 e. The van der Waals surface area contributed by atoms with Crippen molar-refractivity contribution in [1.82, 2.24) is 0 Å². The van der Waals surface area contributed by atoms with Gasteiger partial charge < -0.3 is 33.8 Å². The van der Waals surface area contributed by atoms with Crippen molar-refractivity contribution in [2.45, 2.75) is 369 Å². The summed E-state index contributed by atoms with van der Waals surface area (Å²) >= 11 is 0.